The third-order valence-corrected chi connectivity index (χ3v) is 22.4. The number of nitrogens with zero attached hydrogens (tertiary/aromatic N) is 1. The van der Waals surface area contributed by atoms with Crippen LogP contribution in [0.2, 0.25) is 0 Å². The van der Waals surface area contributed by atoms with Crippen molar-refractivity contribution in [1.29, 1.82) is 0 Å². The second kappa shape index (κ2) is 49.7. The van der Waals surface area contributed by atoms with E-state index in [1.54, 1.807) is 43.5 Å². The van der Waals surface area contributed by atoms with Gasteiger partial charge in [0.25, 0.3) is 0 Å². The van der Waals surface area contributed by atoms with Crippen molar-refractivity contribution in [3.05, 3.63) is 244 Å². The third-order valence-electron chi connectivity index (χ3n) is 21.6. The Bertz CT molecular complexity index is 3800. The van der Waals surface area contributed by atoms with Crippen LogP contribution in [0.4, 0.5) is 0 Å². The van der Waals surface area contributed by atoms with Crippen molar-refractivity contribution in [3.63, 3.8) is 0 Å². The largest absolute Gasteiger partial charge is 0.453 e. The van der Waals surface area contributed by atoms with E-state index in [1.165, 1.54) is 38.2 Å². The monoisotopic (exact) mass is 1560 g/mol. The number of hydrogen-bond acceptors (Lipinski definition) is 13. The minimum atomic E-state index is -0.971. The summed E-state index contributed by atoms with van der Waals surface area (Å²) < 4.78 is 5.32. The molecule has 12 nitrogen and oxygen atoms in total. The molecule has 9 rings (SSSR count). The van der Waals surface area contributed by atoms with Crippen LogP contribution in [0.3, 0.4) is 0 Å². The molecule has 7 unspecified atom stereocenters. The standard InChI is InChI=1S/C16H22O2.C16H24O2.C16H22O.C14H18O2.C14H20O.C13H21NOS.C11H14O2/c1-12(2)15(17)14(13-8-4-3-5-9-13)16(18)10-6-7-11-16;1-5-16(18,6-2)14(15(17)12(3)4)13-10-8-7-9-11-13;1-12(2)16(17)15(14-10-6-7-11-14)13-8-4-3-5-9-13;1-10(2)11(3)14(16-12(4)15)13-8-6-5-7-9-13;1-10(2)13(14(15)11(3)4)12-8-6-5-7-9-12;1-9(2)12(15)10(13(3,4)5)8-11-14-6-7-16-11;1-8(2)10(12)11(13)9-6-4-3-5-7-9/h3-5,8-9,12,14,18H,6-7,10-11H2,1-2H3;7-12,14,18H,5-6H2,1-4H3;3-5,8-9,12,14-15H,6-7,10-11H2,1-2H3;5-10,14H,3H2,1-2,4H3;5-11,13H,1-4H3;6-7,9-10H,8H2,1-5H3;3-8,11,13H,1-2H3. The molecule has 113 heavy (non-hydrogen) atoms. The van der Waals surface area contributed by atoms with E-state index in [2.05, 4.69) is 58.3 Å². The number of aromatic nitrogens is 1. The van der Waals surface area contributed by atoms with Crippen LogP contribution in [0.5, 0.6) is 0 Å². The lowest BCUT2D eigenvalue weighted by Gasteiger charge is -2.35. The van der Waals surface area contributed by atoms with Crippen molar-refractivity contribution in [2.24, 2.45) is 64.6 Å². The molecule has 618 valence electrons. The van der Waals surface area contributed by atoms with Gasteiger partial charge in [-0.25, -0.2) is 4.98 Å². The predicted octanol–water partition coefficient (Wildman–Crippen LogP) is 23.7. The number of hydrogen-bond donors (Lipinski definition) is 3. The fourth-order valence-electron chi connectivity index (χ4n) is 14.6. The zero-order valence-electron chi connectivity index (χ0n) is 72.7. The number of Topliss-reactive ketones (excluding diaryl/α,β-unsaturated/α-hetero) is 6. The molecule has 0 aliphatic heterocycles. The summed E-state index contributed by atoms with van der Waals surface area (Å²) in [6, 6.07) is 58.5. The Labute approximate surface area is 685 Å². The number of esters is 1. The Kier molecular flexibility index (Phi) is 43.7. The number of aliphatic hydroxyl groups is 3. The topological polar surface area (TPSA) is 202 Å². The van der Waals surface area contributed by atoms with E-state index in [4.69, 9.17) is 4.74 Å². The molecule has 0 saturated heterocycles. The lowest BCUT2D eigenvalue weighted by molar-refractivity contribution is -0.145. The molecule has 6 aromatic carbocycles. The maximum atomic E-state index is 12.5. The van der Waals surface area contributed by atoms with Gasteiger partial charge in [0, 0.05) is 78.2 Å². The first-order valence-corrected chi connectivity index (χ1v) is 42.5. The molecule has 3 N–H and O–H groups in total. The van der Waals surface area contributed by atoms with E-state index in [-0.39, 0.29) is 99.9 Å². The maximum Gasteiger partial charge on any atom is 0.303 e. The van der Waals surface area contributed by atoms with Crippen molar-refractivity contribution in [2.75, 3.05) is 0 Å². The van der Waals surface area contributed by atoms with E-state index in [1.807, 2.05) is 260 Å². The fraction of sp³-hybridized carbons (Fsp3) is 0.520. The minimum absolute atomic E-state index is 0.00697. The van der Waals surface area contributed by atoms with Gasteiger partial charge in [-0.2, -0.15) is 0 Å². The molecule has 1 aromatic heterocycles. The van der Waals surface area contributed by atoms with Crippen LogP contribution < -0.4 is 0 Å². The second-order valence-corrected chi connectivity index (χ2v) is 35.2. The van der Waals surface area contributed by atoms with Gasteiger partial charge >= 0.3 is 5.97 Å². The van der Waals surface area contributed by atoms with E-state index in [0.29, 0.717) is 47.6 Å². The molecular weight excluding hydrogens is 1420 g/mol. The number of ketones is 6. The highest BCUT2D eigenvalue weighted by molar-refractivity contribution is 7.09. The highest BCUT2D eigenvalue weighted by Gasteiger charge is 2.45. The van der Waals surface area contributed by atoms with Crippen molar-refractivity contribution in [2.45, 2.75) is 270 Å². The summed E-state index contributed by atoms with van der Waals surface area (Å²) in [5, 5.41) is 34.2. The molecule has 2 aliphatic rings. The third kappa shape index (κ3) is 32.3. The normalized spacial score (nSPS) is 15.1. The smallest absolute Gasteiger partial charge is 0.303 e. The summed E-state index contributed by atoms with van der Waals surface area (Å²) in [6.45, 7) is 47.1. The van der Waals surface area contributed by atoms with E-state index < -0.39 is 23.2 Å². The van der Waals surface area contributed by atoms with Crippen LogP contribution in [0, 0.1) is 64.6 Å². The van der Waals surface area contributed by atoms with Gasteiger partial charge in [0.1, 0.15) is 41.1 Å². The fourth-order valence-corrected chi connectivity index (χ4v) is 15.2. The van der Waals surface area contributed by atoms with Gasteiger partial charge < -0.3 is 20.1 Å². The highest BCUT2D eigenvalue weighted by atomic mass is 32.1. The quantitative estimate of drug-likeness (QED) is 0.0296. The molecule has 0 amide bonds. The zero-order valence-corrected chi connectivity index (χ0v) is 73.5. The first-order valence-electron chi connectivity index (χ1n) is 41.6. The summed E-state index contributed by atoms with van der Waals surface area (Å²) in [5.74, 6) is 1.77. The number of rotatable bonds is 29. The average molecular weight is 1570 g/mol. The first-order chi connectivity index (χ1) is 53.2. The van der Waals surface area contributed by atoms with Gasteiger partial charge in [-0.05, 0) is 101 Å². The number of carbonyl (C=O) groups is 7. The summed E-state index contributed by atoms with van der Waals surface area (Å²) >= 11 is 1.63. The van der Waals surface area contributed by atoms with Gasteiger partial charge in [-0.3, -0.25) is 33.6 Å². The van der Waals surface area contributed by atoms with Crippen molar-refractivity contribution in [3.8, 4) is 0 Å². The molecule has 7 aromatic rings. The highest BCUT2D eigenvalue weighted by Crippen LogP contribution is 2.44. The van der Waals surface area contributed by atoms with Crippen LogP contribution in [0.15, 0.2) is 206 Å². The first kappa shape index (κ1) is 99.3. The van der Waals surface area contributed by atoms with E-state index in [9.17, 15) is 48.9 Å². The van der Waals surface area contributed by atoms with Gasteiger partial charge in [-0.15, -0.1) is 11.3 Å². The van der Waals surface area contributed by atoms with Crippen molar-refractivity contribution >= 4 is 52.0 Å². The van der Waals surface area contributed by atoms with Crippen molar-refractivity contribution < 1.29 is 53.6 Å². The van der Waals surface area contributed by atoms with Gasteiger partial charge in [-0.1, -0.05) is 360 Å². The maximum absolute atomic E-state index is 12.5. The minimum Gasteiger partial charge on any atom is -0.453 e. The molecular formula is C100H141NO11S. The predicted molar refractivity (Wildman–Crippen MR) is 467 cm³/mol. The lowest BCUT2D eigenvalue weighted by Crippen LogP contribution is -2.41. The molecule has 13 heteroatoms. The van der Waals surface area contributed by atoms with Gasteiger partial charge in [0.2, 0.25) is 0 Å². The summed E-state index contributed by atoms with van der Waals surface area (Å²) in [5.41, 5.74) is 5.03. The number of carbonyl (C=O) groups excluding carboxylic acids is 7. The lowest BCUT2D eigenvalue weighted by atomic mass is 9.73. The van der Waals surface area contributed by atoms with E-state index >= 15 is 0 Å². The van der Waals surface area contributed by atoms with Crippen LogP contribution in [-0.4, -0.2) is 72.2 Å². The Morgan fingerprint density at radius 1 is 0.487 bits per heavy atom. The molecule has 0 spiro atoms. The van der Waals surface area contributed by atoms with Crippen LogP contribution >= 0.6 is 11.3 Å². The number of thiazole rings is 1. The Morgan fingerprint density at radius 3 is 1.22 bits per heavy atom. The molecule has 2 aliphatic carbocycles. The number of benzene rings is 6. The van der Waals surface area contributed by atoms with E-state index in [0.717, 1.165) is 64.9 Å². The molecule has 7 atom stereocenters. The van der Waals surface area contributed by atoms with Gasteiger partial charge in [0.05, 0.1) is 28.0 Å². The second-order valence-electron chi connectivity index (χ2n) is 34.2. The number of aliphatic hydroxyl groups excluding tert-OH is 1. The van der Waals surface area contributed by atoms with Crippen molar-refractivity contribution in [1.82, 2.24) is 4.98 Å². The SMILES string of the molecule is C=C(C(C)C)C(OC(C)=O)c1ccccc1.CC(C)C(=O)C(Cc1nccs1)C(C)(C)C.CC(C)C(=O)C(O)c1ccccc1.CC(C)C(=O)C(c1ccccc1)C(C)C.CC(C)C(=O)C(c1ccccc1)C1(O)CCCC1.CC(C)C(=O)C(c1ccccc1)C1CCCC1.CCC(O)(CC)C(C(=O)C(C)C)c1ccccc1. The van der Waals surface area contributed by atoms with Crippen LogP contribution in [0.1, 0.15) is 291 Å². The molecule has 0 radical (unpaired) electrons. The molecule has 2 fully saturated rings. The summed E-state index contributed by atoms with van der Waals surface area (Å²) in [4.78, 5) is 88.4. The molecule has 2 saturated carbocycles. The molecule has 0 bridgehead atoms. The summed E-state index contributed by atoms with van der Waals surface area (Å²) in [7, 11) is 0. The zero-order chi connectivity index (χ0) is 84.9. The van der Waals surface area contributed by atoms with Crippen LogP contribution in [-0.2, 0) is 44.7 Å². The van der Waals surface area contributed by atoms with Crippen LogP contribution in [0.25, 0.3) is 0 Å². The Hall–Kier alpha value is -7.94. The molecule has 1 heterocycles. The van der Waals surface area contributed by atoms with Gasteiger partial charge in [0.15, 0.2) is 5.78 Å². The summed E-state index contributed by atoms with van der Waals surface area (Å²) in [6.07, 6.45) is 11.0. The average Bonchev–Trinajstić information content (AvgIpc) is 1.62. The Balaban J connectivity index is 0.000000342. The number of ether oxygens (including phenoxy) is 1. The Morgan fingerprint density at radius 2 is 0.867 bits per heavy atom.